The van der Waals surface area contributed by atoms with Crippen LogP contribution in [0.15, 0.2) is 34.9 Å². The van der Waals surface area contributed by atoms with Crippen LogP contribution in [0.2, 0.25) is 0 Å². The second-order valence-corrected chi connectivity index (χ2v) is 6.71. The minimum Gasteiger partial charge on any atom is -0.484 e. The van der Waals surface area contributed by atoms with Crippen LogP contribution in [0.4, 0.5) is 0 Å². The summed E-state index contributed by atoms with van der Waals surface area (Å²) in [5.74, 6) is 2.47. The number of carbonyl (C=O) groups is 1. The van der Waals surface area contributed by atoms with Crippen molar-refractivity contribution < 1.29 is 23.4 Å². The van der Waals surface area contributed by atoms with Crippen LogP contribution in [0.1, 0.15) is 46.5 Å². The van der Waals surface area contributed by atoms with E-state index in [-0.39, 0.29) is 25.0 Å². The van der Waals surface area contributed by atoms with Crippen molar-refractivity contribution in [2.75, 3.05) is 6.79 Å². The van der Waals surface area contributed by atoms with Gasteiger partial charge in [0.1, 0.15) is 12.0 Å². The number of aromatic amines is 1. The zero-order chi connectivity index (χ0) is 18.9. The summed E-state index contributed by atoms with van der Waals surface area (Å²) in [4.78, 5) is 16.4. The first kappa shape index (κ1) is 16.7. The first-order chi connectivity index (χ1) is 13.7. The number of fused-ring (bicyclic) bond motifs is 1. The highest BCUT2D eigenvalue weighted by molar-refractivity contribution is 5.91. The number of carbonyl (C=O) groups excluding carboxylic acids is 1. The molecular weight excluding hydrogens is 364 g/mol. The van der Waals surface area contributed by atoms with E-state index in [2.05, 4.69) is 20.5 Å². The molecule has 1 fully saturated rings. The molecule has 0 atom stereocenters. The monoisotopic (exact) mass is 382 g/mol. The molecule has 1 aliphatic heterocycles. The van der Waals surface area contributed by atoms with Gasteiger partial charge in [0.15, 0.2) is 23.8 Å². The number of ether oxygens (including phenoxy) is 3. The van der Waals surface area contributed by atoms with Crippen molar-refractivity contribution in [1.82, 2.24) is 20.5 Å². The maximum Gasteiger partial charge on any atom is 0.273 e. The van der Waals surface area contributed by atoms with Crippen molar-refractivity contribution in [2.45, 2.75) is 31.9 Å². The van der Waals surface area contributed by atoms with E-state index in [4.69, 9.17) is 18.6 Å². The summed E-state index contributed by atoms with van der Waals surface area (Å²) in [6.45, 7) is 0.657. The Bertz CT molecular complexity index is 1010. The molecule has 3 aromatic rings. The van der Waals surface area contributed by atoms with Crippen molar-refractivity contribution in [3.05, 3.63) is 53.5 Å². The minimum absolute atomic E-state index is 0.0955. The second kappa shape index (κ2) is 6.91. The van der Waals surface area contributed by atoms with Crippen LogP contribution >= 0.6 is 0 Å². The van der Waals surface area contributed by atoms with Gasteiger partial charge >= 0.3 is 0 Å². The van der Waals surface area contributed by atoms with Crippen LogP contribution in [0.3, 0.4) is 0 Å². The maximum atomic E-state index is 12.2. The minimum atomic E-state index is -0.319. The molecule has 28 heavy (non-hydrogen) atoms. The highest BCUT2D eigenvalue weighted by Crippen LogP contribution is 2.39. The number of benzene rings is 1. The molecule has 5 rings (SSSR count). The molecule has 0 spiro atoms. The third kappa shape index (κ3) is 3.51. The third-order valence-corrected chi connectivity index (χ3v) is 4.58. The van der Waals surface area contributed by atoms with Crippen LogP contribution in [-0.2, 0) is 13.2 Å². The zero-order valence-electron chi connectivity index (χ0n) is 14.9. The molecule has 9 heteroatoms. The van der Waals surface area contributed by atoms with Gasteiger partial charge < -0.3 is 23.9 Å². The van der Waals surface area contributed by atoms with E-state index < -0.39 is 0 Å². The number of nitrogens with zero attached hydrogens (tertiary/aromatic N) is 2. The molecule has 0 saturated heterocycles. The Kier molecular flexibility index (Phi) is 4.12. The first-order valence-corrected chi connectivity index (χ1v) is 9.04. The predicted octanol–water partition coefficient (Wildman–Crippen LogP) is 2.51. The molecule has 1 saturated carbocycles. The van der Waals surface area contributed by atoms with Crippen LogP contribution in [0, 0.1) is 0 Å². The highest BCUT2D eigenvalue weighted by Gasteiger charge is 2.26. The van der Waals surface area contributed by atoms with Crippen LogP contribution in [0.25, 0.3) is 0 Å². The second-order valence-electron chi connectivity index (χ2n) is 6.71. The van der Waals surface area contributed by atoms with Gasteiger partial charge in [0.05, 0.1) is 17.9 Å². The molecule has 2 N–H and O–H groups in total. The standard InChI is InChI=1S/C19H18N4O5/c24-19(20-7-12-5-14(23-22-12)11-1-2-11)15-8-26-18(21-15)9-25-13-3-4-16-17(6-13)28-10-27-16/h3-6,8,11H,1-2,7,9-10H2,(H,20,24)(H,22,23). The summed E-state index contributed by atoms with van der Waals surface area (Å²) in [6, 6.07) is 7.27. The van der Waals surface area contributed by atoms with Gasteiger partial charge in [-0.25, -0.2) is 4.98 Å². The summed E-state index contributed by atoms with van der Waals surface area (Å²) in [5, 5.41) is 10.0. The lowest BCUT2D eigenvalue weighted by molar-refractivity contribution is 0.0945. The lowest BCUT2D eigenvalue weighted by Crippen LogP contribution is -2.23. The van der Waals surface area contributed by atoms with Gasteiger partial charge in [-0.15, -0.1) is 0 Å². The van der Waals surface area contributed by atoms with Crippen molar-refractivity contribution in [2.24, 2.45) is 0 Å². The third-order valence-electron chi connectivity index (χ3n) is 4.58. The van der Waals surface area contributed by atoms with Crippen molar-refractivity contribution in [1.29, 1.82) is 0 Å². The number of rotatable bonds is 7. The molecule has 3 heterocycles. The van der Waals surface area contributed by atoms with Crippen molar-refractivity contribution in [3.63, 3.8) is 0 Å². The Hall–Kier alpha value is -3.49. The Balaban J connectivity index is 1.14. The van der Waals surface area contributed by atoms with Crippen LogP contribution < -0.4 is 19.5 Å². The van der Waals surface area contributed by atoms with E-state index in [0.29, 0.717) is 35.6 Å². The van der Waals surface area contributed by atoms with E-state index in [9.17, 15) is 4.79 Å². The molecule has 1 amide bonds. The Morgan fingerprint density at radius 1 is 1.25 bits per heavy atom. The van der Waals surface area contributed by atoms with Gasteiger partial charge in [-0.2, -0.15) is 5.10 Å². The highest BCUT2D eigenvalue weighted by atomic mass is 16.7. The summed E-state index contributed by atoms with van der Waals surface area (Å²) in [5.41, 5.74) is 2.13. The van der Waals surface area contributed by atoms with Gasteiger partial charge in [0, 0.05) is 12.0 Å². The number of hydrogen-bond donors (Lipinski definition) is 2. The lowest BCUT2D eigenvalue weighted by atomic mass is 10.2. The molecule has 0 unspecified atom stereocenters. The molecule has 9 nitrogen and oxygen atoms in total. The maximum absolute atomic E-state index is 12.2. The SMILES string of the molecule is O=C(NCc1cc(C2CC2)n[nH]1)c1coc(COc2ccc3c(c2)OCO3)n1. The molecular formula is C19H18N4O5. The summed E-state index contributed by atoms with van der Waals surface area (Å²) >= 11 is 0. The summed E-state index contributed by atoms with van der Waals surface area (Å²) in [6.07, 6.45) is 3.69. The topological polar surface area (TPSA) is 112 Å². The summed E-state index contributed by atoms with van der Waals surface area (Å²) < 4.78 is 21.5. The Morgan fingerprint density at radius 3 is 3.04 bits per heavy atom. The van der Waals surface area contributed by atoms with Crippen LogP contribution in [-0.4, -0.2) is 27.9 Å². The average Bonchev–Trinajstić information content (AvgIpc) is 3.13. The Labute approximate surface area is 160 Å². The summed E-state index contributed by atoms with van der Waals surface area (Å²) in [7, 11) is 0. The number of H-pyrrole nitrogens is 1. The molecule has 1 aromatic carbocycles. The van der Waals surface area contributed by atoms with E-state index in [1.807, 2.05) is 6.07 Å². The van der Waals surface area contributed by atoms with Crippen molar-refractivity contribution >= 4 is 5.91 Å². The number of aromatic nitrogens is 3. The van der Waals surface area contributed by atoms with Crippen molar-refractivity contribution in [3.8, 4) is 17.2 Å². The van der Waals surface area contributed by atoms with E-state index in [1.54, 1.807) is 18.2 Å². The normalized spacial score (nSPS) is 14.9. The van der Waals surface area contributed by atoms with Crippen LogP contribution in [0.5, 0.6) is 17.2 Å². The number of amides is 1. The fourth-order valence-electron chi connectivity index (χ4n) is 2.92. The smallest absolute Gasteiger partial charge is 0.273 e. The zero-order valence-corrected chi connectivity index (χ0v) is 14.9. The van der Waals surface area contributed by atoms with Gasteiger partial charge in [-0.1, -0.05) is 0 Å². The number of hydrogen-bond acceptors (Lipinski definition) is 7. The molecule has 2 aromatic heterocycles. The molecule has 0 radical (unpaired) electrons. The molecule has 2 aliphatic rings. The van der Waals surface area contributed by atoms with E-state index >= 15 is 0 Å². The number of nitrogens with one attached hydrogen (secondary N) is 2. The van der Waals surface area contributed by atoms with E-state index in [0.717, 1.165) is 11.4 Å². The van der Waals surface area contributed by atoms with Gasteiger partial charge in [0.2, 0.25) is 12.7 Å². The van der Waals surface area contributed by atoms with Gasteiger partial charge in [-0.05, 0) is 31.0 Å². The van der Waals surface area contributed by atoms with Gasteiger partial charge in [0.25, 0.3) is 5.91 Å². The van der Waals surface area contributed by atoms with Gasteiger partial charge in [-0.3, -0.25) is 9.89 Å². The molecule has 0 bridgehead atoms. The Morgan fingerprint density at radius 2 is 2.14 bits per heavy atom. The quantitative estimate of drug-likeness (QED) is 0.646. The largest absolute Gasteiger partial charge is 0.484 e. The fourth-order valence-corrected chi connectivity index (χ4v) is 2.92. The average molecular weight is 382 g/mol. The number of oxazole rings is 1. The lowest BCUT2D eigenvalue weighted by Gasteiger charge is -2.04. The van der Waals surface area contributed by atoms with E-state index in [1.165, 1.54) is 19.1 Å². The fraction of sp³-hybridized carbons (Fsp3) is 0.316. The predicted molar refractivity (Wildman–Crippen MR) is 95.1 cm³/mol. The first-order valence-electron chi connectivity index (χ1n) is 9.04. The molecule has 1 aliphatic carbocycles. The molecule has 144 valence electrons.